The molecule has 2 fully saturated rings. The number of amides is 1. The van der Waals surface area contributed by atoms with Crippen LogP contribution >= 0.6 is 0 Å². The molecule has 0 unspecified atom stereocenters. The maximum absolute atomic E-state index is 12.9. The Morgan fingerprint density at radius 3 is 2.54 bits per heavy atom. The number of aliphatic hydroxyl groups is 1. The van der Waals surface area contributed by atoms with E-state index >= 15 is 0 Å². The van der Waals surface area contributed by atoms with Crippen molar-refractivity contribution in [2.45, 2.75) is 68.9 Å². The fraction of sp³-hybridized carbons (Fsp3) is 0.571. The van der Waals surface area contributed by atoms with Gasteiger partial charge in [0.15, 0.2) is 5.65 Å². The highest BCUT2D eigenvalue weighted by Crippen LogP contribution is 2.34. The Balaban J connectivity index is 1.34. The number of anilines is 1. The monoisotopic (exact) mass is 585 g/mol. The lowest BCUT2D eigenvalue weighted by Crippen LogP contribution is -2.42. The molecule has 5 rings (SSSR count). The minimum Gasteiger partial charge on any atom is -0.393 e. The average Bonchev–Trinajstić information content (AvgIpc) is 3.37. The van der Waals surface area contributed by atoms with Crippen molar-refractivity contribution >= 4 is 32.9 Å². The zero-order valence-electron chi connectivity index (χ0n) is 23.5. The summed E-state index contributed by atoms with van der Waals surface area (Å²) in [5, 5.41) is 19.0. The number of morpholine rings is 1. The number of unbranched alkanes of at least 4 members (excludes halogenated alkanes) is 1. The van der Waals surface area contributed by atoms with Gasteiger partial charge in [-0.3, -0.25) is 4.79 Å². The van der Waals surface area contributed by atoms with E-state index in [1.165, 1.54) is 0 Å². The molecule has 41 heavy (non-hydrogen) atoms. The van der Waals surface area contributed by atoms with Gasteiger partial charge in [-0.05, 0) is 44.2 Å². The Morgan fingerprint density at radius 1 is 1.10 bits per heavy atom. The first kappa shape index (κ1) is 29.4. The third kappa shape index (κ3) is 7.03. The van der Waals surface area contributed by atoms with Crippen LogP contribution in [-0.4, -0.2) is 89.6 Å². The Bertz CT molecular complexity index is 1430. The summed E-state index contributed by atoms with van der Waals surface area (Å²) in [5.41, 5.74) is 2.15. The van der Waals surface area contributed by atoms with Crippen LogP contribution in [0.2, 0.25) is 0 Å². The number of carbonyl (C=O) groups is 1. The highest BCUT2D eigenvalue weighted by molar-refractivity contribution is 7.89. The number of rotatable bonds is 11. The molecule has 0 bridgehead atoms. The van der Waals surface area contributed by atoms with Crippen molar-refractivity contribution < 1.29 is 23.1 Å². The van der Waals surface area contributed by atoms with Gasteiger partial charge < -0.3 is 20.1 Å². The molecule has 3 N–H and O–H groups in total. The van der Waals surface area contributed by atoms with E-state index in [0.29, 0.717) is 50.8 Å². The second-order valence-corrected chi connectivity index (χ2v) is 12.4. The molecule has 0 spiro atoms. The quantitative estimate of drug-likeness (QED) is 0.289. The molecule has 222 valence electrons. The standard InChI is InChI=1S/C28H39N7O5S/c1-2-3-13-29-28-30-19-24-26(33-35(27(24)32-28)21-6-8-22(36)9-7-21)20-4-10-23(11-5-20)41(38,39)31-14-12-25(37)34-15-17-40-18-16-34/h4-5,10-11,19,21-22,31,36H,2-3,6-9,12-18H2,1H3,(H,29,30,32)/t21-,22-. The van der Waals surface area contributed by atoms with Gasteiger partial charge in [0.1, 0.15) is 5.69 Å². The third-order valence-electron chi connectivity index (χ3n) is 7.71. The minimum absolute atomic E-state index is 0.0252. The molecule has 1 saturated heterocycles. The summed E-state index contributed by atoms with van der Waals surface area (Å²) < 4.78 is 35.6. The number of nitrogens with one attached hydrogen (secondary N) is 2. The van der Waals surface area contributed by atoms with E-state index in [0.717, 1.165) is 48.8 Å². The van der Waals surface area contributed by atoms with Crippen LogP contribution in [0.15, 0.2) is 35.4 Å². The summed E-state index contributed by atoms with van der Waals surface area (Å²) in [6.45, 7) is 5.00. The van der Waals surface area contributed by atoms with Gasteiger partial charge in [0.05, 0.1) is 35.6 Å². The molecule has 1 aromatic carbocycles. The number of hydrogen-bond acceptors (Lipinski definition) is 9. The van der Waals surface area contributed by atoms with Gasteiger partial charge >= 0.3 is 0 Å². The number of hydrogen-bond donors (Lipinski definition) is 3. The van der Waals surface area contributed by atoms with Crippen molar-refractivity contribution in [3.05, 3.63) is 30.5 Å². The second-order valence-electron chi connectivity index (χ2n) is 10.6. The molecule has 1 aliphatic carbocycles. The number of carbonyl (C=O) groups excluding carboxylic acids is 1. The van der Waals surface area contributed by atoms with Crippen molar-refractivity contribution in [2.75, 3.05) is 44.7 Å². The summed E-state index contributed by atoms with van der Waals surface area (Å²) in [5.74, 6) is 0.460. The fourth-order valence-corrected chi connectivity index (χ4v) is 6.33. The van der Waals surface area contributed by atoms with E-state index in [9.17, 15) is 18.3 Å². The zero-order valence-corrected chi connectivity index (χ0v) is 24.3. The molecule has 0 atom stereocenters. The topological polar surface area (TPSA) is 152 Å². The molecule has 1 aliphatic heterocycles. The molecule has 1 saturated carbocycles. The summed E-state index contributed by atoms with van der Waals surface area (Å²) in [7, 11) is -3.79. The Hall–Kier alpha value is -3.13. The number of aliphatic hydroxyl groups excluding tert-OH is 1. The normalized spacial score (nSPS) is 19.9. The van der Waals surface area contributed by atoms with E-state index in [4.69, 9.17) is 14.8 Å². The number of ether oxygens (including phenoxy) is 1. The smallest absolute Gasteiger partial charge is 0.240 e. The second kappa shape index (κ2) is 13.2. The van der Waals surface area contributed by atoms with Gasteiger partial charge in [0.2, 0.25) is 21.9 Å². The zero-order chi connectivity index (χ0) is 28.8. The molecule has 2 aliphatic rings. The lowest BCUT2D eigenvalue weighted by molar-refractivity contribution is -0.135. The van der Waals surface area contributed by atoms with Gasteiger partial charge in [-0.15, -0.1) is 0 Å². The van der Waals surface area contributed by atoms with Crippen LogP contribution in [0.3, 0.4) is 0 Å². The highest BCUT2D eigenvalue weighted by Gasteiger charge is 2.26. The summed E-state index contributed by atoms with van der Waals surface area (Å²) >= 11 is 0. The van der Waals surface area contributed by atoms with Crippen LogP contribution in [0.5, 0.6) is 0 Å². The Labute approximate surface area is 240 Å². The van der Waals surface area contributed by atoms with E-state index in [2.05, 4.69) is 21.9 Å². The van der Waals surface area contributed by atoms with Crippen LogP contribution in [0.1, 0.15) is 57.9 Å². The molecule has 0 radical (unpaired) electrons. The van der Waals surface area contributed by atoms with Crippen LogP contribution in [0.25, 0.3) is 22.3 Å². The molecule has 13 heteroatoms. The largest absolute Gasteiger partial charge is 0.393 e. The van der Waals surface area contributed by atoms with Crippen molar-refractivity contribution in [1.29, 1.82) is 0 Å². The first-order valence-electron chi connectivity index (χ1n) is 14.5. The van der Waals surface area contributed by atoms with E-state index in [1.54, 1.807) is 35.4 Å². The maximum Gasteiger partial charge on any atom is 0.240 e. The van der Waals surface area contributed by atoms with Gasteiger partial charge in [-0.1, -0.05) is 25.5 Å². The SMILES string of the molecule is CCCCNc1ncc2c(-c3ccc(S(=O)(=O)NCCC(=O)N4CCOCC4)cc3)nn([C@H]3CC[C@H](O)CC3)c2n1. The van der Waals surface area contributed by atoms with Gasteiger partial charge in [-0.2, -0.15) is 10.1 Å². The van der Waals surface area contributed by atoms with Crippen molar-refractivity contribution in [1.82, 2.24) is 29.4 Å². The lowest BCUT2D eigenvalue weighted by atomic mass is 9.93. The number of benzene rings is 1. The molecular formula is C28H39N7O5S. The summed E-state index contributed by atoms with van der Waals surface area (Å²) in [6.07, 6.45) is 6.69. The molecule has 3 aromatic rings. The number of aromatic nitrogens is 4. The maximum atomic E-state index is 12.9. The van der Waals surface area contributed by atoms with Gasteiger partial charge in [0, 0.05) is 44.4 Å². The lowest BCUT2D eigenvalue weighted by Gasteiger charge is -2.26. The molecule has 2 aromatic heterocycles. The number of fused-ring (bicyclic) bond motifs is 1. The summed E-state index contributed by atoms with van der Waals surface area (Å²) in [4.78, 5) is 23.5. The third-order valence-corrected chi connectivity index (χ3v) is 9.18. The van der Waals surface area contributed by atoms with Crippen LogP contribution in [0, 0.1) is 0 Å². The average molecular weight is 586 g/mol. The fourth-order valence-electron chi connectivity index (χ4n) is 5.29. The first-order valence-corrected chi connectivity index (χ1v) is 16.0. The van der Waals surface area contributed by atoms with Crippen LogP contribution in [-0.2, 0) is 19.6 Å². The van der Waals surface area contributed by atoms with Crippen LogP contribution in [0.4, 0.5) is 5.95 Å². The number of sulfonamides is 1. The van der Waals surface area contributed by atoms with E-state index < -0.39 is 10.0 Å². The Kier molecular flexibility index (Phi) is 9.48. The van der Waals surface area contributed by atoms with Crippen molar-refractivity contribution in [2.24, 2.45) is 0 Å². The van der Waals surface area contributed by atoms with Gasteiger partial charge in [-0.25, -0.2) is 22.8 Å². The molecule has 1 amide bonds. The summed E-state index contributed by atoms with van der Waals surface area (Å²) in [6, 6.07) is 6.67. The predicted molar refractivity (Wildman–Crippen MR) is 155 cm³/mol. The number of nitrogens with zero attached hydrogens (tertiary/aromatic N) is 5. The minimum atomic E-state index is -3.79. The van der Waals surface area contributed by atoms with E-state index in [1.807, 2.05) is 4.68 Å². The van der Waals surface area contributed by atoms with Gasteiger partial charge in [0.25, 0.3) is 0 Å². The van der Waals surface area contributed by atoms with E-state index in [-0.39, 0.29) is 35.9 Å². The first-order chi connectivity index (χ1) is 19.9. The van der Waals surface area contributed by atoms with Crippen molar-refractivity contribution in [3.63, 3.8) is 0 Å². The molecule has 12 nitrogen and oxygen atoms in total. The molecule has 3 heterocycles. The van der Waals surface area contributed by atoms with Crippen LogP contribution < -0.4 is 10.0 Å². The molecular weight excluding hydrogens is 546 g/mol. The highest BCUT2D eigenvalue weighted by atomic mass is 32.2. The Morgan fingerprint density at radius 2 is 1.83 bits per heavy atom. The predicted octanol–water partition coefficient (Wildman–Crippen LogP) is 2.71. The van der Waals surface area contributed by atoms with Crippen molar-refractivity contribution in [3.8, 4) is 11.3 Å².